The summed E-state index contributed by atoms with van der Waals surface area (Å²) in [4.78, 5) is 18.9. The molecule has 0 radical (unpaired) electrons. The van der Waals surface area contributed by atoms with Gasteiger partial charge in [0, 0.05) is 54.9 Å². The molecule has 41 heavy (non-hydrogen) atoms. The van der Waals surface area contributed by atoms with Crippen LogP contribution in [-0.4, -0.2) is 65.6 Å². The lowest BCUT2D eigenvalue weighted by molar-refractivity contribution is 0.298. The molecule has 0 atom stereocenters. The molecule has 0 aliphatic carbocycles. The maximum Gasteiger partial charge on any atom is 0.250 e. The summed E-state index contributed by atoms with van der Waals surface area (Å²) in [5.74, 6) is 3.53. The summed E-state index contributed by atoms with van der Waals surface area (Å²) in [5.41, 5.74) is 5.25. The van der Waals surface area contributed by atoms with Crippen molar-refractivity contribution in [2.24, 2.45) is 5.10 Å². The van der Waals surface area contributed by atoms with Crippen LogP contribution in [0.5, 0.6) is 11.5 Å². The van der Waals surface area contributed by atoms with Gasteiger partial charge in [0.2, 0.25) is 17.8 Å². The number of nitrogens with one attached hydrogen (secondary N) is 1. The highest BCUT2D eigenvalue weighted by atomic mass is 16.5. The van der Waals surface area contributed by atoms with Gasteiger partial charge in [-0.2, -0.15) is 20.1 Å². The number of methoxy groups -OCH3 is 1. The first-order chi connectivity index (χ1) is 20.3. The number of fused-ring (bicyclic) bond motifs is 1. The van der Waals surface area contributed by atoms with Crippen LogP contribution in [0.2, 0.25) is 0 Å². The maximum atomic E-state index is 5.99. The van der Waals surface area contributed by atoms with Gasteiger partial charge in [0.15, 0.2) is 0 Å². The molecule has 2 aliphatic heterocycles. The van der Waals surface area contributed by atoms with Crippen molar-refractivity contribution in [3.05, 3.63) is 60.3 Å². The molecule has 4 aromatic rings. The van der Waals surface area contributed by atoms with E-state index in [9.17, 15) is 0 Å². The van der Waals surface area contributed by atoms with Gasteiger partial charge in [0.1, 0.15) is 18.1 Å². The Hall–Kier alpha value is -4.34. The quantitative estimate of drug-likeness (QED) is 0.207. The molecule has 0 unspecified atom stereocenters. The molecule has 0 bridgehead atoms. The molecule has 2 aliphatic rings. The topological polar surface area (TPSA) is 92.9 Å². The van der Waals surface area contributed by atoms with Crippen molar-refractivity contribution in [3.8, 4) is 11.5 Å². The molecule has 10 heteroatoms. The molecule has 0 amide bonds. The minimum absolute atomic E-state index is 0.479. The third-order valence-electron chi connectivity index (χ3n) is 7.72. The Labute approximate surface area is 241 Å². The van der Waals surface area contributed by atoms with Crippen molar-refractivity contribution in [2.75, 3.05) is 55.1 Å². The van der Waals surface area contributed by atoms with Gasteiger partial charge in [-0.05, 0) is 56.7 Å². The van der Waals surface area contributed by atoms with Gasteiger partial charge >= 0.3 is 0 Å². The molecule has 2 fully saturated rings. The van der Waals surface area contributed by atoms with E-state index in [4.69, 9.17) is 24.4 Å². The Morgan fingerprint density at radius 3 is 2.22 bits per heavy atom. The summed E-state index contributed by atoms with van der Waals surface area (Å²) in [5, 5.41) is 5.69. The summed E-state index contributed by atoms with van der Waals surface area (Å²) < 4.78 is 13.5. The standard InChI is InChI=1S/C31H38N8O2/c1-40-25-11-10-12-26(21-25)41-20-19-39-23-24(27-13-4-5-14-28(27)39)22-32-36-29-33-30(37-15-6-2-7-16-37)35-31(34-29)38-17-8-3-9-18-38/h4-5,10-14,21-23H,2-3,6-9,15-20H2,1H3,(H,33,34,35,36)/b32-22-. The fraction of sp³-hybridized carbons (Fsp3) is 0.419. The molecular weight excluding hydrogens is 516 g/mol. The van der Waals surface area contributed by atoms with Crippen LogP contribution in [-0.2, 0) is 6.54 Å². The van der Waals surface area contributed by atoms with Crippen LogP contribution >= 0.6 is 0 Å². The number of benzene rings is 2. The van der Waals surface area contributed by atoms with Crippen LogP contribution < -0.4 is 24.7 Å². The second-order valence-corrected chi connectivity index (χ2v) is 10.5. The predicted octanol–water partition coefficient (Wildman–Crippen LogP) is 5.34. The Morgan fingerprint density at radius 2 is 1.51 bits per heavy atom. The molecule has 10 nitrogen and oxygen atoms in total. The fourth-order valence-electron chi connectivity index (χ4n) is 5.55. The van der Waals surface area contributed by atoms with Crippen LogP contribution in [0.4, 0.5) is 17.8 Å². The first kappa shape index (κ1) is 26.9. The third-order valence-corrected chi connectivity index (χ3v) is 7.72. The molecule has 2 aromatic carbocycles. The number of hydrazone groups is 1. The van der Waals surface area contributed by atoms with Crippen molar-refractivity contribution in [1.82, 2.24) is 19.5 Å². The molecule has 6 rings (SSSR count). The van der Waals surface area contributed by atoms with Crippen molar-refractivity contribution in [2.45, 2.75) is 45.1 Å². The van der Waals surface area contributed by atoms with Gasteiger partial charge in [-0.3, -0.25) is 0 Å². The van der Waals surface area contributed by atoms with Crippen molar-refractivity contribution >= 4 is 35.0 Å². The summed E-state index contributed by atoms with van der Waals surface area (Å²) >= 11 is 0. The van der Waals surface area contributed by atoms with Gasteiger partial charge in [-0.25, -0.2) is 5.43 Å². The summed E-state index contributed by atoms with van der Waals surface area (Å²) in [6, 6.07) is 16.0. The molecule has 214 valence electrons. The van der Waals surface area contributed by atoms with Crippen LogP contribution in [0, 0.1) is 0 Å². The number of hydrogen-bond donors (Lipinski definition) is 1. The summed E-state index contributed by atoms with van der Waals surface area (Å²) in [7, 11) is 1.66. The lowest BCUT2D eigenvalue weighted by Gasteiger charge is -2.30. The zero-order valence-electron chi connectivity index (χ0n) is 23.7. The van der Waals surface area contributed by atoms with Gasteiger partial charge < -0.3 is 23.8 Å². The molecule has 0 saturated carbocycles. The lowest BCUT2D eigenvalue weighted by atomic mass is 10.1. The number of anilines is 3. The Morgan fingerprint density at radius 1 is 0.829 bits per heavy atom. The van der Waals surface area contributed by atoms with E-state index in [0.29, 0.717) is 19.1 Å². The number of nitrogens with zero attached hydrogens (tertiary/aromatic N) is 7. The second kappa shape index (κ2) is 12.9. The van der Waals surface area contributed by atoms with Gasteiger partial charge in [-0.1, -0.05) is 24.3 Å². The van der Waals surface area contributed by atoms with E-state index >= 15 is 0 Å². The van der Waals surface area contributed by atoms with E-state index in [1.807, 2.05) is 36.5 Å². The Bertz CT molecular complexity index is 1440. The molecule has 0 spiro atoms. The van der Waals surface area contributed by atoms with E-state index in [1.54, 1.807) is 7.11 Å². The fourth-order valence-corrected chi connectivity index (χ4v) is 5.55. The largest absolute Gasteiger partial charge is 0.497 e. The first-order valence-electron chi connectivity index (χ1n) is 14.7. The van der Waals surface area contributed by atoms with E-state index in [0.717, 1.165) is 66.0 Å². The van der Waals surface area contributed by atoms with Crippen LogP contribution in [0.3, 0.4) is 0 Å². The maximum absolute atomic E-state index is 5.99. The summed E-state index contributed by atoms with van der Waals surface area (Å²) in [6.07, 6.45) is 11.1. The smallest absolute Gasteiger partial charge is 0.250 e. The highest BCUT2D eigenvalue weighted by Gasteiger charge is 2.20. The van der Waals surface area contributed by atoms with Crippen molar-refractivity contribution in [1.29, 1.82) is 0 Å². The zero-order chi connectivity index (χ0) is 27.9. The first-order valence-corrected chi connectivity index (χ1v) is 14.7. The van der Waals surface area contributed by atoms with Gasteiger partial charge in [-0.15, -0.1) is 0 Å². The molecule has 2 saturated heterocycles. The SMILES string of the molecule is COc1cccc(OCCn2cc(/C=N\Nc3nc(N4CCCCC4)nc(N4CCCCC4)n3)c3ccccc32)c1. The average Bonchev–Trinajstić information content (AvgIpc) is 3.39. The van der Waals surface area contributed by atoms with Crippen LogP contribution in [0.1, 0.15) is 44.1 Å². The Kier molecular flexibility index (Phi) is 8.44. The van der Waals surface area contributed by atoms with E-state index in [1.165, 1.54) is 38.5 Å². The number of para-hydroxylation sites is 1. The van der Waals surface area contributed by atoms with E-state index in [2.05, 4.69) is 49.3 Å². The minimum Gasteiger partial charge on any atom is -0.497 e. The van der Waals surface area contributed by atoms with E-state index < -0.39 is 0 Å². The number of aromatic nitrogens is 4. The zero-order valence-corrected chi connectivity index (χ0v) is 23.7. The van der Waals surface area contributed by atoms with Gasteiger partial charge in [0.05, 0.1) is 19.9 Å². The average molecular weight is 555 g/mol. The van der Waals surface area contributed by atoms with E-state index in [-0.39, 0.29) is 0 Å². The normalized spacial score (nSPS) is 15.9. The highest BCUT2D eigenvalue weighted by Crippen LogP contribution is 2.24. The highest BCUT2D eigenvalue weighted by molar-refractivity contribution is 5.99. The number of ether oxygens (including phenoxy) is 2. The lowest BCUT2D eigenvalue weighted by Crippen LogP contribution is -2.34. The van der Waals surface area contributed by atoms with Crippen LogP contribution in [0.25, 0.3) is 10.9 Å². The monoisotopic (exact) mass is 554 g/mol. The second-order valence-electron chi connectivity index (χ2n) is 10.5. The Balaban J connectivity index is 1.18. The third kappa shape index (κ3) is 6.53. The molecule has 1 N–H and O–H groups in total. The number of rotatable bonds is 10. The number of piperidine rings is 2. The van der Waals surface area contributed by atoms with Crippen LogP contribution in [0.15, 0.2) is 59.8 Å². The molecule has 4 heterocycles. The van der Waals surface area contributed by atoms with Crippen molar-refractivity contribution in [3.63, 3.8) is 0 Å². The van der Waals surface area contributed by atoms with Crippen molar-refractivity contribution < 1.29 is 9.47 Å². The molecular formula is C31H38N8O2. The van der Waals surface area contributed by atoms with Gasteiger partial charge in [0.25, 0.3) is 0 Å². The molecule has 2 aromatic heterocycles. The predicted molar refractivity (Wildman–Crippen MR) is 164 cm³/mol. The number of hydrogen-bond acceptors (Lipinski definition) is 9. The summed E-state index contributed by atoms with van der Waals surface area (Å²) in [6.45, 7) is 5.15. The minimum atomic E-state index is 0.479.